The lowest BCUT2D eigenvalue weighted by molar-refractivity contribution is 0.177. The highest BCUT2D eigenvalue weighted by Gasteiger charge is 2.29. The summed E-state index contributed by atoms with van der Waals surface area (Å²) in [5.41, 5.74) is 0.756. The quantitative estimate of drug-likeness (QED) is 0.680. The molecule has 2 rings (SSSR count). The molecule has 94 valence electrons. The van der Waals surface area contributed by atoms with Gasteiger partial charge in [0.25, 0.3) is 0 Å². The predicted molar refractivity (Wildman–Crippen MR) is 75.7 cm³/mol. The van der Waals surface area contributed by atoms with E-state index in [0.29, 0.717) is 8.95 Å². The first-order valence-electron chi connectivity index (χ1n) is 4.30. The molecule has 0 aliphatic carbocycles. The number of amides is 1. The lowest BCUT2D eigenvalue weighted by Gasteiger charge is -2.14. The number of ether oxygens (including phenoxy) is 1. The molecular formula is C9H7Br3ClNO3. The van der Waals surface area contributed by atoms with E-state index in [4.69, 9.17) is 4.74 Å². The maximum absolute atomic E-state index is 11.0. The summed E-state index contributed by atoms with van der Waals surface area (Å²) in [7, 11) is 0. The van der Waals surface area contributed by atoms with Crippen LogP contribution < -0.4 is 5.32 Å². The number of cyclic esters (lactones) is 1. The molecule has 0 bridgehead atoms. The average Bonchev–Trinajstić information content (AvgIpc) is 2.61. The van der Waals surface area contributed by atoms with Crippen molar-refractivity contribution in [3.05, 3.63) is 25.0 Å². The number of carbonyl (C=O) groups is 1. The molecule has 1 fully saturated rings. The molecule has 1 saturated heterocycles. The molecule has 1 atom stereocenters. The molecule has 4 nitrogen and oxygen atoms in total. The van der Waals surface area contributed by atoms with Crippen LogP contribution in [0.4, 0.5) is 4.79 Å². The molecule has 1 aromatic rings. The van der Waals surface area contributed by atoms with Gasteiger partial charge in [0.05, 0.1) is 15.0 Å². The molecule has 1 heterocycles. The van der Waals surface area contributed by atoms with Crippen molar-refractivity contribution in [3.8, 4) is 5.75 Å². The summed E-state index contributed by atoms with van der Waals surface area (Å²) in [5, 5.41) is 12.4. The number of benzene rings is 1. The fourth-order valence-electron chi connectivity index (χ4n) is 1.45. The summed E-state index contributed by atoms with van der Waals surface area (Å²) in [6.07, 6.45) is -0.453. The molecule has 1 amide bonds. The second-order valence-corrected chi connectivity index (χ2v) is 5.71. The fraction of sp³-hybridized carbons (Fsp3) is 0.222. The topological polar surface area (TPSA) is 58.6 Å². The first-order valence-corrected chi connectivity index (χ1v) is 6.68. The maximum Gasteiger partial charge on any atom is 0.407 e. The third kappa shape index (κ3) is 2.89. The molecule has 1 aromatic carbocycles. The summed E-state index contributed by atoms with van der Waals surface area (Å²) in [4.78, 5) is 11.0. The molecule has 8 heteroatoms. The lowest BCUT2D eigenvalue weighted by Crippen LogP contribution is -2.19. The minimum absolute atomic E-state index is 0. The number of phenols is 1. The minimum Gasteiger partial charge on any atom is -0.506 e. The van der Waals surface area contributed by atoms with Gasteiger partial charge in [-0.3, -0.25) is 0 Å². The van der Waals surface area contributed by atoms with Crippen LogP contribution in [0.1, 0.15) is 11.6 Å². The number of halogens is 4. The van der Waals surface area contributed by atoms with E-state index in [-0.39, 0.29) is 30.8 Å². The van der Waals surface area contributed by atoms with Gasteiger partial charge in [-0.15, -0.1) is 12.4 Å². The van der Waals surface area contributed by atoms with Gasteiger partial charge < -0.3 is 15.2 Å². The fourth-order valence-corrected chi connectivity index (χ4v) is 4.13. The van der Waals surface area contributed by atoms with E-state index in [1.807, 2.05) is 0 Å². The molecule has 17 heavy (non-hydrogen) atoms. The number of alkyl carbamates (subject to hydrolysis) is 1. The van der Waals surface area contributed by atoms with Crippen LogP contribution in [0.5, 0.6) is 5.75 Å². The Morgan fingerprint density at radius 1 is 1.35 bits per heavy atom. The van der Waals surface area contributed by atoms with Crippen molar-refractivity contribution >= 4 is 66.3 Å². The number of rotatable bonds is 1. The van der Waals surface area contributed by atoms with Crippen molar-refractivity contribution < 1.29 is 14.6 Å². The van der Waals surface area contributed by atoms with Crippen molar-refractivity contribution in [1.29, 1.82) is 0 Å². The van der Waals surface area contributed by atoms with E-state index in [2.05, 4.69) is 53.1 Å². The van der Waals surface area contributed by atoms with E-state index in [0.717, 1.165) is 10.0 Å². The van der Waals surface area contributed by atoms with Gasteiger partial charge in [0.2, 0.25) is 0 Å². The third-order valence-electron chi connectivity index (χ3n) is 2.20. The number of phenolic OH excluding ortho intramolecular Hbond substituents is 1. The van der Waals surface area contributed by atoms with Crippen molar-refractivity contribution in [3.63, 3.8) is 0 Å². The number of aromatic hydroxyl groups is 1. The van der Waals surface area contributed by atoms with E-state index in [1.165, 1.54) is 0 Å². The lowest BCUT2D eigenvalue weighted by atomic mass is 10.1. The summed E-state index contributed by atoms with van der Waals surface area (Å²) in [6, 6.07) is 1.45. The van der Waals surface area contributed by atoms with Crippen LogP contribution in [0.2, 0.25) is 0 Å². The molecule has 1 aliphatic heterocycles. The average molecular weight is 452 g/mol. The zero-order chi connectivity index (χ0) is 11.9. The van der Waals surface area contributed by atoms with Crippen molar-refractivity contribution in [2.45, 2.75) is 6.04 Å². The Bertz CT molecular complexity index is 469. The van der Waals surface area contributed by atoms with Crippen LogP contribution in [-0.2, 0) is 4.74 Å². The number of hydrogen-bond donors (Lipinski definition) is 2. The Labute approximate surface area is 129 Å². The molecule has 0 aromatic heterocycles. The van der Waals surface area contributed by atoms with Crippen LogP contribution in [0.25, 0.3) is 0 Å². The third-order valence-corrected chi connectivity index (χ3v) is 4.27. The summed E-state index contributed by atoms with van der Waals surface area (Å²) < 4.78 is 6.69. The van der Waals surface area contributed by atoms with E-state index in [9.17, 15) is 9.90 Å². The van der Waals surface area contributed by atoms with Gasteiger partial charge in [-0.2, -0.15) is 0 Å². The molecule has 1 aliphatic rings. The van der Waals surface area contributed by atoms with Gasteiger partial charge in [0.1, 0.15) is 12.4 Å². The Morgan fingerprint density at radius 2 is 2.00 bits per heavy atom. The minimum atomic E-state index is -0.453. The highest BCUT2D eigenvalue weighted by Crippen LogP contribution is 2.42. The molecule has 2 N–H and O–H groups in total. The maximum atomic E-state index is 11.0. The molecule has 0 saturated carbocycles. The van der Waals surface area contributed by atoms with Crippen LogP contribution >= 0.6 is 60.2 Å². The standard InChI is InChI=1S/C9H6Br3NO3.ClH/c10-3-1-4(11)8(14)7(12)6(3)5-2-16-9(15)13-5;/h1,5,14H,2H2,(H,13,15);1H/t5-;/m0./s1. The SMILES string of the molecule is Cl.O=C1N[C@H](c2c(Br)cc(Br)c(O)c2Br)CO1. The first-order chi connectivity index (χ1) is 7.50. The van der Waals surface area contributed by atoms with E-state index < -0.39 is 6.09 Å². The van der Waals surface area contributed by atoms with Gasteiger partial charge in [-0.1, -0.05) is 15.9 Å². The summed E-state index contributed by atoms with van der Waals surface area (Å²) >= 11 is 9.90. The van der Waals surface area contributed by atoms with Crippen molar-refractivity contribution in [2.75, 3.05) is 6.61 Å². The highest BCUT2D eigenvalue weighted by atomic mass is 79.9. The van der Waals surface area contributed by atoms with Crippen LogP contribution in [0.15, 0.2) is 19.5 Å². The van der Waals surface area contributed by atoms with Crippen molar-refractivity contribution in [2.24, 2.45) is 0 Å². The number of hydrogen-bond acceptors (Lipinski definition) is 3. The van der Waals surface area contributed by atoms with Crippen LogP contribution in [0, 0.1) is 0 Å². The summed E-state index contributed by atoms with van der Waals surface area (Å²) in [6.45, 7) is 0.247. The Kier molecular flexibility index (Phi) is 5.12. The van der Waals surface area contributed by atoms with E-state index >= 15 is 0 Å². The van der Waals surface area contributed by atoms with Gasteiger partial charge in [-0.05, 0) is 37.9 Å². The molecule has 0 radical (unpaired) electrons. The highest BCUT2D eigenvalue weighted by molar-refractivity contribution is 9.11. The normalized spacial score (nSPS) is 18.3. The molecular weight excluding hydrogens is 445 g/mol. The zero-order valence-electron chi connectivity index (χ0n) is 8.17. The largest absolute Gasteiger partial charge is 0.506 e. The smallest absolute Gasteiger partial charge is 0.407 e. The first kappa shape index (κ1) is 15.1. The van der Waals surface area contributed by atoms with Gasteiger partial charge >= 0.3 is 6.09 Å². The van der Waals surface area contributed by atoms with Crippen LogP contribution in [0.3, 0.4) is 0 Å². The predicted octanol–water partition coefficient (Wildman–Crippen LogP) is 3.88. The van der Waals surface area contributed by atoms with E-state index in [1.54, 1.807) is 6.07 Å². The zero-order valence-corrected chi connectivity index (χ0v) is 13.7. The Balaban J connectivity index is 0.00000144. The summed E-state index contributed by atoms with van der Waals surface area (Å²) in [5.74, 6) is 0.0966. The van der Waals surface area contributed by atoms with Crippen LogP contribution in [-0.4, -0.2) is 17.8 Å². The number of carbonyl (C=O) groups excluding carboxylic acids is 1. The number of nitrogens with one attached hydrogen (secondary N) is 1. The van der Waals surface area contributed by atoms with Crippen molar-refractivity contribution in [1.82, 2.24) is 5.32 Å². The van der Waals surface area contributed by atoms with Gasteiger partial charge in [0.15, 0.2) is 0 Å². The van der Waals surface area contributed by atoms with Gasteiger partial charge in [0, 0.05) is 10.0 Å². The Hall–Kier alpha value is 0.0200. The Morgan fingerprint density at radius 3 is 2.53 bits per heavy atom. The second kappa shape index (κ2) is 5.77. The second-order valence-electron chi connectivity index (χ2n) is 3.21. The monoisotopic (exact) mass is 449 g/mol. The molecule has 0 unspecified atom stereocenters. The van der Waals surface area contributed by atoms with Gasteiger partial charge in [-0.25, -0.2) is 4.79 Å². The molecule has 0 spiro atoms.